The summed E-state index contributed by atoms with van der Waals surface area (Å²) >= 11 is 0. The van der Waals surface area contributed by atoms with Crippen LogP contribution >= 0.6 is 0 Å². The summed E-state index contributed by atoms with van der Waals surface area (Å²) in [6.07, 6.45) is 1.78. The third-order valence-electron chi connectivity index (χ3n) is 4.92. The number of hydrogen-bond acceptors (Lipinski definition) is 4. The van der Waals surface area contributed by atoms with Gasteiger partial charge in [0.2, 0.25) is 0 Å². The van der Waals surface area contributed by atoms with Crippen molar-refractivity contribution in [3.8, 4) is 5.75 Å². The Balaban J connectivity index is 1.36. The van der Waals surface area contributed by atoms with Crippen LogP contribution in [0.5, 0.6) is 5.75 Å². The second-order valence-electron chi connectivity index (χ2n) is 6.91. The number of amides is 1. The van der Waals surface area contributed by atoms with Crippen molar-refractivity contribution >= 4 is 11.7 Å². The van der Waals surface area contributed by atoms with Gasteiger partial charge in [-0.15, -0.1) is 0 Å². The molecule has 1 aromatic heterocycles. The summed E-state index contributed by atoms with van der Waals surface area (Å²) in [5.41, 5.74) is 1.33. The normalized spacial score (nSPS) is 14.0. The molecule has 2 aromatic carbocycles. The van der Waals surface area contributed by atoms with E-state index in [0.29, 0.717) is 24.4 Å². The number of carbonyl (C=O) groups is 1. The first kappa shape index (κ1) is 18.9. The predicted octanol–water partition coefficient (Wildman–Crippen LogP) is 3.76. The number of carbonyl (C=O) groups excluding carboxylic acids is 1. The molecule has 1 saturated heterocycles. The Labute approximate surface area is 169 Å². The Morgan fingerprint density at radius 2 is 1.79 bits per heavy atom. The van der Waals surface area contributed by atoms with Crippen LogP contribution in [0.1, 0.15) is 15.9 Å². The monoisotopic (exact) mass is 391 g/mol. The maximum absolute atomic E-state index is 13.3. The number of ether oxygens (including phenoxy) is 1. The number of benzene rings is 2. The van der Waals surface area contributed by atoms with Gasteiger partial charge in [-0.05, 0) is 48.0 Å². The lowest BCUT2D eigenvalue weighted by Crippen LogP contribution is -2.49. The van der Waals surface area contributed by atoms with E-state index >= 15 is 0 Å². The summed E-state index contributed by atoms with van der Waals surface area (Å²) in [5.74, 6) is 1.22. The van der Waals surface area contributed by atoms with Crippen LogP contribution in [0.4, 0.5) is 10.2 Å². The van der Waals surface area contributed by atoms with Gasteiger partial charge in [0.05, 0.1) is 0 Å². The highest BCUT2D eigenvalue weighted by atomic mass is 19.1. The van der Waals surface area contributed by atoms with Crippen LogP contribution in [0.25, 0.3) is 0 Å². The highest BCUT2D eigenvalue weighted by Gasteiger charge is 2.23. The zero-order valence-corrected chi connectivity index (χ0v) is 16.0. The maximum Gasteiger partial charge on any atom is 0.254 e. The van der Waals surface area contributed by atoms with Crippen molar-refractivity contribution in [2.24, 2.45) is 0 Å². The quantitative estimate of drug-likeness (QED) is 0.664. The highest BCUT2D eigenvalue weighted by Crippen LogP contribution is 2.19. The fourth-order valence-corrected chi connectivity index (χ4v) is 3.37. The summed E-state index contributed by atoms with van der Waals surface area (Å²) in [6.45, 7) is 3.03. The molecule has 5 nitrogen and oxygen atoms in total. The Kier molecular flexibility index (Phi) is 5.70. The minimum Gasteiger partial charge on any atom is -0.489 e. The lowest BCUT2D eigenvalue weighted by atomic mass is 10.1. The van der Waals surface area contributed by atoms with Gasteiger partial charge in [0.25, 0.3) is 5.91 Å². The third kappa shape index (κ3) is 4.71. The van der Waals surface area contributed by atoms with Gasteiger partial charge in [0.15, 0.2) is 0 Å². The first-order chi connectivity index (χ1) is 14.2. The molecule has 1 amide bonds. The van der Waals surface area contributed by atoms with Crippen molar-refractivity contribution < 1.29 is 13.9 Å². The maximum atomic E-state index is 13.3. The Hall–Kier alpha value is -3.41. The smallest absolute Gasteiger partial charge is 0.254 e. The minimum atomic E-state index is -0.292. The number of nitrogens with zero attached hydrogens (tertiary/aromatic N) is 3. The summed E-state index contributed by atoms with van der Waals surface area (Å²) in [6, 6.07) is 19.3. The van der Waals surface area contributed by atoms with Crippen LogP contribution in [0.2, 0.25) is 0 Å². The molecule has 0 radical (unpaired) electrons. The van der Waals surface area contributed by atoms with E-state index in [2.05, 4.69) is 9.88 Å². The lowest BCUT2D eigenvalue weighted by Gasteiger charge is -2.35. The molecule has 2 heterocycles. The van der Waals surface area contributed by atoms with Gasteiger partial charge in [-0.25, -0.2) is 9.37 Å². The molecule has 0 bridgehead atoms. The number of aromatic nitrogens is 1. The largest absolute Gasteiger partial charge is 0.489 e. The third-order valence-corrected chi connectivity index (χ3v) is 4.92. The van der Waals surface area contributed by atoms with Gasteiger partial charge in [0.1, 0.15) is 24.0 Å². The van der Waals surface area contributed by atoms with Crippen molar-refractivity contribution in [3.63, 3.8) is 0 Å². The number of piperazine rings is 1. The molecule has 6 heteroatoms. The molecule has 0 N–H and O–H groups in total. The molecule has 1 aliphatic heterocycles. The van der Waals surface area contributed by atoms with Crippen LogP contribution in [-0.4, -0.2) is 42.0 Å². The van der Waals surface area contributed by atoms with E-state index in [9.17, 15) is 9.18 Å². The van der Waals surface area contributed by atoms with Gasteiger partial charge in [-0.2, -0.15) is 0 Å². The molecule has 0 spiro atoms. The van der Waals surface area contributed by atoms with Gasteiger partial charge in [-0.1, -0.05) is 24.3 Å². The van der Waals surface area contributed by atoms with E-state index in [-0.39, 0.29) is 18.3 Å². The fourth-order valence-electron chi connectivity index (χ4n) is 3.37. The SMILES string of the molecule is O=C(c1cccc(OCc2cccc(F)c2)c1)N1CCN(c2ccccn2)CC1. The lowest BCUT2D eigenvalue weighted by molar-refractivity contribution is 0.0746. The van der Waals surface area contributed by atoms with Crippen molar-refractivity contribution in [1.29, 1.82) is 0 Å². The summed E-state index contributed by atoms with van der Waals surface area (Å²) in [4.78, 5) is 21.3. The fraction of sp³-hybridized carbons (Fsp3) is 0.217. The van der Waals surface area contributed by atoms with Gasteiger partial charge < -0.3 is 14.5 Å². The number of rotatable bonds is 5. The van der Waals surface area contributed by atoms with E-state index in [4.69, 9.17) is 4.74 Å². The van der Waals surface area contributed by atoms with Crippen molar-refractivity contribution in [3.05, 3.63) is 89.9 Å². The van der Waals surface area contributed by atoms with Crippen LogP contribution in [-0.2, 0) is 6.61 Å². The number of hydrogen-bond donors (Lipinski definition) is 0. The zero-order chi connectivity index (χ0) is 20.1. The predicted molar refractivity (Wildman–Crippen MR) is 110 cm³/mol. The Morgan fingerprint density at radius 1 is 0.966 bits per heavy atom. The van der Waals surface area contributed by atoms with E-state index in [0.717, 1.165) is 24.5 Å². The second kappa shape index (κ2) is 8.73. The van der Waals surface area contributed by atoms with Crippen LogP contribution in [0.3, 0.4) is 0 Å². The highest BCUT2D eigenvalue weighted by molar-refractivity contribution is 5.94. The van der Waals surface area contributed by atoms with Crippen LogP contribution in [0.15, 0.2) is 72.9 Å². The van der Waals surface area contributed by atoms with Crippen molar-refractivity contribution in [1.82, 2.24) is 9.88 Å². The van der Waals surface area contributed by atoms with Gasteiger partial charge in [0, 0.05) is 37.9 Å². The van der Waals surface area contributed by atoms with E-state index in [1.807, 2.05) is 23.1 Å². The molecule has 4 rings (SSSR count). The first-order valence-corrected chi connectivity index (χ1v) is 9.61. The molecule has 29 heavy (non-hydrogen) atoms. The molecular weight excluding hydrogens is 369 g/mol. The molecule has 1 fully saturated rings. The molecular formula is C23H22FN3O2. The molecule has 1 aliphatic rings. The van der Waals surface area contributed by atoms with Gasteiger partial charge >= 0.3 is 0 Å². The molecule has 0 aliphatic carbocycles. The number of anilines is 1. The second-order valence-corrected chi connectivity index (χ2v) is 6.91. The topological polar surface area (TPSA) is 45.7 Å². The molecule has 3 aromatic rings. The van der Waals surface area contributed by atoms with Crippen molar-refractivity contribution in [2.45, 2.75) is 6.61 Å². The van der Waals surface area contributed by atoms with Gasteiger partial charge in [-0.3, -0.25) is 4.79 Å². The molecule has 0 saturated carbocycles. The van der Waals surface area contributed by atoms with Crippen LogP contribution < -0.4 is 9.64 Å². The van der Waals surface area contributed by atoms with E-state index in [1.165, 1.54) is 12.1 Å². The Bertz CT molecular complexity index is 973. The number of halogens is 1. The molecule has 148 valence electrons. The first-order valence-electron chi connectivity index (χ1n) is 9.61. The minimum absolute atomic E-state index is 0.0122. The van der Waals surface area contributed by atoms with Crippen molar-refractivity contribution in [2.75, 3.05) is 31.1 Å². The summed E-state index contributed by atoms with van der Waals surface area (Å²) in [7, 11) is 0. The van der Waals surface area contributed by atoms with E-state index < -0.39 is 0 Å². The zero-order valence-electron chi connectivity index (χ0n) is 16.0. The Morgan fingerprint density at radius 3 is 2.55 bits per heavy atom. The van der Waals surface area contributed by atoms with E-state index in [1.54, 1.807) is 42.6 Å². The summed E-state index contributed by atoms with van der Waals surface area (Å²) in [5, 5.41) is 0. The number of pyridine rings is 1. The van der Waals surface area contributed by atoms with Crippen LogP contribution in [0, 0.1) is 5.82 Å². The summed E-state index contributed by atoms with van der Waals surface area (Å²) < 4.78 is 19.0. The standard InChI is InChI=1S/C23H22FN3O2/c24-20-7-3-5-18(15-20)17-29-21-8-4-6-19(16-21)23(28)27-13-11-26(12-14-27)22-9-1-2-10-25-22/h1-10,15-16H,11-14,17H2. The molecule has 0 atom stereocenters. The average molecular weight is 391 g/mol. The average Bonchev–Trinajstić information content (AvgIpc) is 2.78. The molecule has 0 unspecified atom stereocenters.